The number of benzene rings is 1. The number of hydrogen-bond donors (Lipinski definition) is 2. The van der Waals surface area contributed by atoms with Crippen LogP contribution in [0.4, 0.5) is 0 Å². The Balaban J connectivity index is 1.54. The van der Waals surface area contributed by atoms with Crippen molar-refractivity contribution in [3.63, 3.8) is 0 Å². The Kier molecular flexibility index (Phi) is 4.86. The highest BCUT2D eigenvalue weighted by atomic mass is 16.5. The van der Waals surface area contributed by atoms with E-state index in [0.29, 0.717) is 19.3 Å². The standard InChI is InChI=1S/C21H29N3O2/c1-15-5-7-16(8-6-15)20-17(12-22-23-20)13-24-10-3-4-19(24)18-14-26-11-9-21(18,2)25/h5-8,12,18-19,25H,3-4,9-11,13-14H2,1-2H3,(H,22,23)/t18-,19+,21+/m0/s1. The number of aliphatic hydroxyl groups is 1. The average molecular weight is 355 g/mol. The molecule has 1 aromatic carbocycles. The Bertz CT molecular complexity index is 738. The van der Waals surface area contributed by atoms with Crippen LogP contribution in [0.15, 0.2) is 30.5 Å². The zero-order valence-electron chi connectivity index (χ0n) is 15.7. The van der Waals surface area contributed by atoms with Crippen molar-refractivity contribution < 1.29 is 9.84 Å². The third-order valence-corrected chi connectivity index (χ3v) is 6.16. The quantitative estimate of drug-likeness (QED) is 0.884. The maximum absolute atomic E-state index is 10.9. The number of hydrogen-bond acceptors (Lipinski definition) is 4. The predicted octanol–water partition coefficient (Wildman–Crippen LogP) is 3.14. The molecule has 0 unspecified atom stereocenters. The fraction of sp³-hybridized carbons (Fsp3) is 0.571. The van der Waals surface area contributed by atoms with E-state index in [1.807, 2.05) is 13.1 Å². The minimum atomic E-state index is -0.637. The van der Waals surface area contributed by atoms with E-state index in [-0.39, 0.29) is 5.92 Å². The summed E-state index contributed by atoms with van der Waals surface area (Å²) in [5, 5.41) is 18.4. The van der Waals surface area contributed by atoms with E-state index in [0.717, 1.165) is 31.6 Å². The summed E-state index contributed by atoms with van der Waals surface area (Å²) in [6.07, 6.45) is 4.97. The van der Waals surface area contributed by atoms with Crippen molar-refractivity contribution in [3.05, 3.63) is 41.6 Å². The first-order chi connectivity index (χ1) is 12.5. The minimum absolute atomic E-state index is 0.175. The van der Waals surface area contributed by atoms with Gasteiger partial charge in [-0.1, -0.05) is 29.8 Å². The number of aryl methyl sites for hydroxylation is 1. The van der Waals surface area contributed by atoms with Gasteiger partial charge < -0.3 is 9.84 Å². The summed E-state index contributed by atoms with van der Waals surface area (Å²) >= 11 is 0. The van der Waals surface area contributed by atoms with Gasteiger partial charge in [-0.3, -0.25) is 10.00 Å². The zero-order chi connectivity index (χ0) is 18.1. The molecule has 3 heterocycles. The molecule has 0 spiro atoms. The van der Waals surface area contributed by atoms with Gasteiger partial charge in [0.15, 0.2) is 0 Å². The molecule has 140 valence electrons. The molecule has 4 rings (SSSR count). The smallest absolute Gasteiger partial charge is 0.0706 e. The van der Waals surface area contributed by atoms with Crippen LogP contribution in [0, 0.1) is 12.8 Å². The van der Waals surface area contributed by atoms with E-state index < -0.39 is 5.60 Å². The van der Waals surface area contributed by atoms with Gasteiger partial charge >= 0.3 is 0 Å². The molecule has 2 aliphatic heterocycles. The van der Waals surface area contributed by atoms with Crippen LogP contribution in [-0.4, -0.2) is 51.6 Å². The number of nitrogens with zero attached hydrogens (tertiary/aromatic N) is 2. The van der Waals surface area contributed by atoms with Crippen LogP contribution in [0.5, 0.6) is 0 Å². The fourth-order valence-electron chi connectivity index (χ4n) is 4.50. The molecular formula is C21H29N3O2. The minimum Gasteiger partial charge on any atom is -0.390 e. The lowest BCUT2D eigenvalue weighted by Crippen LogP contribution is -2.52. The van der Waals surface area contributed by atoms with Crippen LogP contribution in [0.2, 0.25) is 0 Å². The Morgan fingerprint density at radius 1 is 1.35 bits per heavy atom. The van der Waals surface area contributed by atoms with Crippen molar-refractivity contribution in [2.75, 3.05) is 19.8 Å². The predicted molar refractivity (Wildman–Crippen MR) is 102 cm³/mol. The second-order valence-electron chi connectivity index (χ2n) is 8.10. The molecule has 2 fully saturated rings. The van der Waals surface area contributed by atoms with Gasteiger partial charge in [-0.25, -0.2) is 0 Å². The fourth-order valence-corrected chi connectivity index (χ4v) is 4.50. The Hall–Kier alpha value is -1.69. The molecule has 2 saturated heterocycles. The summed E-state index contributed by atoms with van der Waals surface area (Å²) in [5.74, 6) is 0.175. The zero-order valence-corrected chi connectivity index (χ0v) is 15.7. The van der Waals surface area contributed by atoms with Gasteiger partial charge in [-0.05, 0) is 45.2 Å². The molecule has 5 heteroatoms. The van der Waals surface area contributed by atoms with Crippen LogP contribution in [-0.2, 0) is 11.3 Å². The highest BCUT2D eigenvalue weighted by molar-refractivity contribution is 5.62. The average Bonchev–Trinajstić information content (AvgIpc) is 3.25. The lowest BCUT2D eigenvalue weighted by atomic mass is 9.79. The van der Waals surface area contributed by atoms with Gasteiger partial charge in [0.05, 0.1) is 24.1 Å². The van der Waals surface area contributed by atoms with Gasteiger partial charge in [-0.2, -0.15) is 5.10 Å². The van der Waals surface area contributed by atoms with Gasteiger partial charge in [0.1, 0.15) is 0 Å². The van der Waals surface area contributed by atoms with Gasteiger partial charge in [0.2, 0.25) is 0 Å². The van der Waals surface area contributed by atoms with E-state index in [2.05, 4.69) is 46.3 Å². The first-order valence-corrected chi connectivity index (χ1v) is 9.68. The van der Waals surface area contributed by atoms with Crippen LogP contribution in [0.25, 0.3) is 11.3 Å². The van der Waals surface area contributed by atoms with Crippen molar-refractivity contribution in [3.8, 4) is 11.3 Å². The number of H-pyrrole nitrogens is 1. The Morgan fingerprint density at radius 2 is 2.15 bits per heavy atom. The molecule has 0 aliphatic carbocycles. The monoisotopic (exact) mass is 355 g/mol. The summed E-state index contributed by atoms with van der Waals surface area (Å²) in [6.45, 7) is 7.32. The molecule has 1 aromatic heterocycles. The summed E-state index contributed by atoms with van der Waals surface area (Å²) in [6, 6.07) is 8.93. The van der Waals surface area contributed by atoms with Gasteiger partial charge in [-0.15, -0.1) is 0 Å². The van der Waals surface area contributed by atoms with E-state index >= 15 is 0 Å². The van der Waals surface area contributed by atoms with Crippen molar-refractivity contribution in [1.82, 2.24) is 15.1 Å². The summed E-state index contributed by atoms with van der Waals surface area (Å²) in [4.78, 5) is 2.51. The molecule has 2 aromatic rings. The first kappa shape index (κ1) is 17.7. The number of aromatic amines is 1. The van der Waals surface area contributed by atoms with Gasteiger partial charge in [0, 0.05) is 30.7 Å². The number of rotatable bonds is 4. The molecule has 26 heavy (non-hydrogen) atoms. The molecule has 5 nitrogen and oxygen atoms in total. The molecule has 0 bridgehead atoms. The molecular weight excluding hydrogens is 326 g/mol. The number of likely N-dealkylation sites (tertiary alicyclic amines) is 1. The normalized spacial score (nSPS) is 30.0. The number of aromatic nitrogens is 2. The third kappa shape index (κ3) is 3.43. The van der Waals surface area contributed by atoms with Crippen LogP contribution in [0.3, 0.4) is 0 Å². The van der Waals surface area contributed by atoms with Gasteiger partial charge in [0.25, 0.3) is 0 Å². The SMILES string of the molecule is Cc1ccc(-c2[nH]ncc2CN2CCC[C@@H]2[C@@H]2COCC[C@@]2(C)O)cc1. The third-order valence-electron chi connectivity index (χ3n) is 6.16. The lowest BCUT2D eigenvalue weighted by molar-refractivity contribution is -0.123. The number of nitrogens with one attached hydrogen (secondary N) is 1. The topological polar surface area (TPSA) is 61.4 Å². The second-order valence-corrected chi connectivity index (χ2v) is 8.10. The van der Waals surface area contributed by atoms with Crippen molar-refractivity contribution >= 4 is 0 Å². The first-order valence-electron chi connectivity index (χ1n) is 9.68. The molecule has 0 saturated carbocycles. The van der Waals surface area contributed by atoms with E-state index in [1.54, 1.807) is 0 Å². The molecule has 0 radical (unpaired) electrons. The molecule has 0 amide bonds. The van der Waals surface area contributed by atoms with E-state index in [4.69, 9.17) is 4.74 Å². The second kappa shape index (κ2) is 7.14. The molecule has 2 aliphatic rings. The molecule has 2 N–H and O–H groups in total. The van der Waals surface area contributed by atoms with Crippen molar-refractivity contribution in [1.29, 1.82) is 0 Å². The summed E-state index contributed by atoms with van der Waals surface area (Å²) in [5.41, 5.74) is 4.11. The maximum Gasteiger partial charge on any atom is 0.0706 e. The largest absolute Gasteiger partial charge is 0.390 e. The van der Waals surface area contributed by atoms with Crippen molar-refractivity contribution in [2.45, 2.75) is 51.3 Å². The van der Waals surface area contributed by atoms with Crippen LogP contribution in [0.1, 0.15) is 37.3 Å². The lowest BCUT2D eigenvalue weighted by Gasteiger charge is -2.43. The summed E-state index contributed by atoms with van der Waals surface area (Å²) < 4.78 is 5.71. The van der Waals surface area contributed by atoms with Crippen LogP contribution >= 0.6 is 0 Å². The highest BCUT2D eigenvalue weighted by Gasteiger charge is 2.44. The summed E-state index contributed by atoms with van der Waals surface area (Å²) in [7, 11) is 0. The van der Waals surface area contributed by atoms with E-state index in [9.17, 15) is 5.11 Å². The maximum atomic E-state index is 10.9. The Labute approximate surface area is 155 Å². The van der Waals surface area contributed by atoms with E-state index in [1.165, 1.54) is 23.1 Å². The van der Waals surface area contributed by atoms with Crippen molar-refractivity contribution in [2.24, 2.45) is 5.92 Å². The molecule has 3 atom stereocenters. The Morgan fingerprint density at radius 3 is 2.92 bits per heavy atom. The number of ether oxygens (including phenoxy) is 1. The van der Waals surface area contributed by atoms with Crippen LogP contribution < -0.4 is 0 Å². The highest BCUT2D eigenvalue weighted by Crippen LogP contribution is 2.37.